The average molecular weight is 397 g/mol. The Bertz CT molecular complexity index is 648. The maximum atomic E-state index is 13.7. The van der Waals surface area contributed by atoms with E-state index < -0.39 is 11.3 Å². The number of halogens is 2. The fraction of sp³-hybridized carbons (Fsp3) is 0.762. The molecular formula is C21H30F2N2OS. The summed E-state index contributed by atoms with van der Waals surface area (Å²) < 4.78 is 27.3. The highest BCUT2D eigenvalue weighted by molar-refractivity contribution is 7.14. The topological polar surface area (TPSA) is 32.3 Å². The molecule has 27 heavy (non-hydrogen) atoms. The van der Waals surface area contributed by atoms with Gasteiger partial charge in [-0.1, -0.05) is 12.8 Å². The molecule has 150 valence electrons. The van der Waals surface area contributed by atoms with Crippen LogP contribution in [0, 0.1) is 5.41 Å². The molecule has 1 amide bonds. The predicted molar refractivity (Wildman–Crippen MR) is 105 cm³/mol. The first-order valence-corrected chi connectivity index (χ1v) is 11.3. The van der Waals surface area contributed by atoms with Gasteiger partial charge in [-0.25, -0.2) is 8.78 Å². The van der Waals surface area contributed by atoms with Crippen LogP contribution in [-0.2, 0) is 12.8 Å². The molecule has 0 bridgehead atoms. The summed E-state index contributed by atoms with van der Waals surface area (Å²) in [5.74, 6) is -2.65. The van der Waals surface area contributed by atoms with E-state index in [1.165, 1.54) is 36.1 Å². The van der Waals surface area contributed by atoms with E-state index in [0.717, 1.165) is 43.6 Å². The van der Waals surface area contributed by atoms with Gasteiger partial charge in [-0.15, -0.1) is 11.3 Å². The Morgan fingerprint density at radius 1 is 1.07 bits per heavy atom. The molecule has 1 aromatic rings. The van der Waals surface area contributed by atoms with Crippen molar-refractivity contribution in [1.82, 2.24) is 10.2 Å². The Balaban J connectivity index is 1.38. The van der Waals surface area contributed by atoms with Crippen molar-refractivity contribution >= 4 is 17.2 Å². The molecule has 2 aliphatic carbocycles. The second-order valence-electron chi connectivity index (χ2n) is 8.85. The van der Waals surface area contributed by atoms with Crippen LogP contribution in [-0.4, -0.2) is 42.9 Å². The lowest BCUT2D eigenvalue weighted by Crippen LogP contribution is -2.57. The molecule has 1 N–H and O–H groups in total. The number of fused-ring (bicyclic) bond motifs is 1. The first kappa shape index (κ1) is 19.3. The monoisotopic (exact) mass is 396 g/mol. The number of carbonyl (C=O) groups excluding carboxylic acids is 1. The maximum absolute atomic E-state index is 13.7. The highest BCUT2D eigenvalue weighted by atomic mass is 32.1. The second-order valence-corrected chi connectivity index (χ2v) is 9.99. The minimum Gasteiger partial charge on any atom is -0.351 e. The van der Waals surface area contributed by atoms with Crippen LogP contribution in [0.2, 0.25) is 0 Å². The van der Waals surface area contributed by atoms with Gasteiger partial charge in [0.1, 0.15) is 0 Å². The summed E-state index contributed by atoms with van der Waals surface area (Å²) in [5.41, 5.74) is 0.863. The van der Waals surface area contributed by atoms with Crippen molar-refractivity contribution in [1.29, 1.82) is 0 Å². The highest BCUT2D eigenvalue weighted by Crippen LogP contribution is 2.52. The van der Waals surface area contributed by atoms with Crippen molar-refractivity contribution in [2.24, 2.45) is 5.41 Å². The molecule has 4 rings (SSSR count). The van der Waals surface area contributed by atoms with Gasteiger partial charge in [-0.05, 0) is 63.2 Å². The molecule has 0 unspecified atom stereocenters. The van der Waals surface area contributed by atoms with E-state index in [0.29, 0.717) is 13.1 Å². The van der Waals surface area contributed by atoms with Gasteiger partial charge in [-0.2, -0.15) is 0 Å². The van der Waals surface area contributed by atoms with Crippen molar-refractivity contribution in [3.8, 4) is 0 Å². The number of nitrogens with one attached hydrogen (secondary N) is 1. The van der Waals surface area contributed by atoms with Crippen LogP contribution in [0.25, 0.3) is 0 Å². The number of amides is 1. The van der Waals surface area contributed by atoms with Crippen LogP contribution in [0.4, 0.5) is 8.78 Å². The number of thiophene rings is 1. The molecule has 0 aromatic carbocycles. The number of nitrogens with zero attached hydrogens (tertiary/aromatic N) is 1. The zero-order valence-corrected chi connectivity index (χ0v) is 16.8. The molecule has 2 fully saturated rings. The van der Waals surface area contributed by atoms with Crippen LogP contribution in [0.3, 0.4) is 0 Å². The van der Waals surface area contributed by atoms with Crippen molar-refractivity contribution in [2.75, 3.05) is 26.2 Å². The second kappa shape index (κ2) is 7.78. The standard InChI is InChI=1S/C21H30F2N2OS/c22-21(23)12-20(13-21,15-25-9-5-6-10-25)14-24-19(26)18-11-16-7-3-1-2-4-8-17(16)27-18/h11H,1-10,12-15H2,(H,24,26). The van der Waals surface area contributed by atoms with E-state index in [2.05, 4.69) is 10.2 Å². The number of alkyl halides is 2. The van der Waals surface area contributed by atoms with Crippen molar-refractivity contribution < 1.29 is 13.6 Å². The van der Waals surface area contributed by atoms with Gasteiger partial charge in [0.15, 0.2) is 0 Å². The molecule has 2 heterocycles. The number of rotatable bonds is 5. The van der Waals surface area contributed by atoms with Gasteiger partial charge >= 0.3 is 0 Å². The molecule has 6 heteroatoms. The molecule has 1 saturated heterocycles. The van der Waals surface area contributed by atoms with Crippen molar-refractivity contribution in [3.05, 3.63) is 21.4 Å². The lowest BCUT2D eigenvalue weighted by atomic mass is 9.65. The van der Waals surface area contributed by atoms with Gasteiger partial charge in [0.2, 0.25) is 5.92 Å². The Labute approximate surface area is 164 Å². The summed E-state index contributed by atoms with van der Waals surface area (Å²) in [7, 11) is 0. The van der Waals surface area contributed by atoms with Crippen LogP contribution < -0.4 is 5.32 Å². The van der Waals surface area contributed by atoms with Crippen molar-refractivity contribution in [2.45, 2.75) is 70.1 Å². The van der Waals surface area contributed by atoms with E-state index >= 15 is 0 Å². The van der Waals surface area contributed by atoms with Crippen molar-refractivity contribution in [3.63, 3.8) is 0 Å². The number of aryl methyl sites for hydroxylation is 2. The van der Waals surface area contributed by atoms with Crippen LogP contribution >= 0.6 is 11.3 Å². The number of carbonyl (C=O) groups is 1. The Hall–Kier alpha value is -1.01. The molecule has 1 aromatic heterocycles. The van der Waals surface area contributed by atoms with Crippen LogP contribution in [0.5, 0.6) is 0 Å². The van der Waals surface area contributed by atoms with E-state index in [1.807, 2.05) is 6.07 Å². The largest absolute Gasteiger partial charge is 0.351 e. The fourth-order valence-electron chi connectivity index (χ4n) is 5.06. The number of hydrogen-bond donors (Lipinski definition) is 1. The molecule has 3 aliphatic rings. The predicted octanol–water partition coefficient (Wildman–Crippen LogP) is 4.65. The lowest BCUT2D eigenvalue weighted by molar-refractivity contribution is -0.165. The molecule has 1 aliphatic heterocycles. The Morgan fingerprint density at radius 3 is 2.48 bits per heavy atom. The zero-order valence-electron chi connectivity index (χ0n) is 16.0. The van der Waals surface area contributed by atoms with Gasteiger partial charge in [0.05, 0.1) is 4.88 Å². The SMILES string of the molecule is O=C(NCC1(CN2CCCC2)CC(F)(F)C1)c1cc2c(s1)CCCCCC2. The minimum atomic E-state index is -2.57. The zero-order chi connectivity index (χ0) is 18.9. The third-order valence-corrected chi connectivity index (χ3v) is 7.61. The summed E-state index contributed by atoms with van der Waals surface area (Å²) in [6, 6.07) is 2.04. The highest BCUT2D eigenvalue weighted by Gasteiger charge is 2.56. The molecule has 0 atom stereocenters. The lowest BCUT2D eigenvalue weighted by Gasteiger charge is -2.49. The Kier molecular flexibility index (Phi) is 5.57. The third kappa shape index (κ3) is 4.53. The number of likely N-dealkylation sites (tertiary alicyclic amines) is 1. The fourth-order valence-corrected chi connectivity index (χ4v) is 6.23. The van der Waals surface area contributed by atoms with Crippen LogP contribution in [0.15, 0.2) is 6.07 Å². The minimum absolute atomic E-state index is 0.0808. The summed E-state index contributed by atoms with van der Waals surface area (Å²) in [6.07, 6.45) is 9.16. The molecule has 0 radical (unpaired) electrons. The van der Waals surface area contributed by atoms with E-state index in [9.17, 15) is 13.6 Å². The van der Waals surface area contributed by atoms with Gasteiger partial charge in [0, 0.05) is 36.2 Å². The van der Waals surface area contributed by atoms with Gasteiger partial charge in [0.25, 0.3) is 5.91 Å². The first-order valence-electron chi connectivity index (χ1n) is 10.4. The average Bonchev–Trinajstić information content (AvgIpc) is 3.21. The summed E-state index contributed by atoms with van der Waals surface area (Å²) in [5, 5.41) is 3.01. The smallest absolute Gasteiger partial charge is 0.261 e. The molecule has 3 nitrogen and oxygen atoms in total. The first-order chi connectivity index (χ1) is 12.9. The quantitative estimate of drug-likeness (QED) is 0.786. The molecule has 1 saturated carbocycles. The summed E-state index contributed by atoms with van der Waals surface area (Å²) in [4.78, 5) is 17.1. The van der Waals surface area contributed by atoms with Crippen LogP contribution in [0.1, 0.15) is 71.5 Å². The maximum Gasteiger partial charge on any atom is 0.261 e. The third-order valence-electron chi connectivity index (χ3n) is 6.37. The normalized spacial score (nSPS) is 24.5. The van der Waals surface area contributed by atoms with Gasteiger partial charge < -0.3 is 10.2 Å². The van der Waals surface area contributed by atoms with E-state index in [-0.39, 0.29) is 18.7 Å². The summed E-state index contributed by atoms with van der Waals surface area (Å²) in [6.45, 7) is 3.04. The Morgan fingerprint density at radius 2 is 1.78 bits per heavy atom. The summed E-state index contributed by atoms with van der Waals surface area (Å²) >= 11 is 1.60. The number of hydrogen-bond acceptors (Lipinski definition) is 3. The molecule has 0 spiro atoms. The van der Waals surface area contributed by atoms with Gasteiger partial charge in [-0.3, -0.25) is 4.79 Å². The molecular weight excluding hydrogens is 366 g/mol. The van der Waals surface area contributed by atoms with E-state index in [4.69, 9.17) is 0 Å². The van der Waals surface area contributed by atoms with E-state index in [1.54, 1.807) is 11.3 Å².